The van der Waals surface area contributed by atoms with E-state index < -0.39 is 16.1 Å². The Morgan fingerprint density at radius 3 is 2.64 bits per heavy atom. The largest absolute Gasteiger partial charge is 0.496 e. The Labute approximate surface area is 147 Å². The summed E-state index contributed by atoms with van der Waals surface area (Å²) in [6.45, 7) is 2.07. The summed E-state index contributed by atoms with van der Waals surface area (Å²) in [4.78, 5) is 12.5. The van der Waals surface area contributed by atoms with Crippen LogP contribution in [-0.2, 0) is 19.7 Å². The van der Waals surface area contributed by atoms with Crippen molar-refractivity contribution in [2.75, 3.05) is 27.9 Å². The van der Waals surface area contributed by atoms with Crippen LogP contribution in [0.4, 0.5) is 0 Å². The molecule has 0 spiro atoms. The third-order valence-corrected chi connectivity index (χ3v) is 4.90. The highest BCUT2D eigenvalue weighted by Crippen LogP contribution is 2.25. The van der Waals surface area contributed by atoms with E-state index in [0.29, 0.717) is 17.9 Å². The second-order valence-electron chi connectivity index (χ2n) is 5.48. The third-order valence-electron chi connectivity index (χ3n) is 3.58. The minimum absolute atomic E-state index is 0.0288. The number of nitrogens with one attached hydrogen (secondary N) is 1. The van der Waals surface area contributed by atoms with Gasteiger partial charge in [0.2, 0.25) is 0 Å². The van der Waals surface area contributed by atoms with E-state index in [9.17, 15) is 13.2 Å². The van der Waals surface area contributed by atoms with Crippen LogP contribution in [-0.4, -0.2) is 58.3 Å². The predicted molar refractivity (Wildman–Crippen MR) is 93.8 cm³/mol. The molecule has 0 aromatic heterocycles. The molecule has 1 N–H and O–H groups in total. The molecule has 1 aromatic carbocycles. The third kappa shape index (κ3) is 4.18. The molecule has 8 nitrogen and oxygen atoms in total. The summed E-state index contributed by atoms with van der Waals surface area (Å²) in [5.74, 6) is -0.0670. The maximum absolute atomic E-state index is 12.5. The van der Waals surface area contributed by atoms with Crippen LogP contribution in [0.2, 0.25) is 0 Å². The molecule has 1 aliphatic rings. The van der Waals surface area contributed by atoms with E-state index in [-0.39, 0.29) is 17.5 Å². The topological polar surface area (TPSA) is 97.3 Å². The zero-order chi connectivity index (χ0) is 18.6. The Morgan fingerprint density at radius 2 is 2.00 bits per heavy atom. The fourth-order valence-electron chi connectivity index (χ4n) is 2.34. The Bertz CT molecular complexity index is 817. The maximum atomic E-state index is 12.5. The van der Waals surface area contributed by atoms with Crippen LogP contribution >= 0.6 is 0 Å². The Morgan fingerprint density at radius 1 is 1.32 bits per heavy atom. The fourth-order valence-corrected chi connectivity index (χ4v) is 3.24. The van der Waals surface area contributed by atoms with Crippen LogP contribution in [0.3, 0.4) is 0 Å². The maximum Gasteiger partial charge on any atom is 0.345 e. The lowest BCUT2D eigenvalue weighted by Gasteiger charge is -2.25. The molecule has 0 aliphatic carbocycles. The number of ether oxygens (including phenoxy) is 2. The molecule has 1 heterocycles. The molecule has 25 heavy (non-hydrogen) atoms. The van der Waals surface area contributed by atoms with Gasteiger partial charge in [0, 0.05) is 25.8 Å². The van der Waals surface area contributed by atoms with E-state index in [1.54, 1.807) is 31.2 Å². The number of benzene rings is 1. The zero-order valence-corrected chi connectivity index (χ0v) is 15.3. The van der Waals surface area contributed by atoms with Crippen molar-refractivity contribution in [2.45, 2.75) is 13.0 Å². The quantitative estimate of drug-likeness (QED) is 0.799. The van der Waals surface area contributed by atoms with Gasteiger partial charge >= 0.3 is 10.2 Å². The summed E-state index contributed by atoms with van der Waals surface area (Å²) in [5, 5.41) is 2.69. The van der Waals surface area contributed by atoms with Crippen molar-refractivity contribution < 1.29 is 22.7 Å². The molecule has 1 aromatic rings. The summed E-state index contributed by atoms with van der Waals surface area (Å²) in [5.41, 5.74) is 0.593. The van der Waals surface area contributed by atoms with Crippen LogP contribution in [0.1, 0.15) is 12.5 Å². The van der Waals surface area contributed by atoms with Gasteiger partial charge in [0.25, 0.3) is 5.91 Å². The molecule has 0 fully saturated rings. The van der Waals surface area contributed by atoms with E-state index >= 15 is 0 Å². The van der Waals surface area contributed by atoms with Gasteiger partial charge in [0.1, 0.15) is 11.4 Å². The number of likely N-dealkylation sites (N-methyl/N-ethyl adjacent to an activating group) is 1. The number of carbonyl (C=O) groups is 1. The number of allylic oxidation sites excluding steroid dienone is 1. The number of rotatable bonds is 6. The highest BCUT2D eigenvalue weighted by Gasteiger charge is 2.31. The van der Waals surface area contributed by atoms with E-state index in [1.165, 1.54) is 27.3 Å². The molecule has 0 radical (unpaired) electrons. The molecule has 9 heteroatoms. The summed E-state index contributed by atoms with van der Waals surface area (Å²) in [6.07, 6.45) is 1.42. The molecular formula is C16H21N3O5S. The molecule has 136 valence electrons. The van der Waals surface area contributed by atoms with E-state index in [1.807, 2.05) is 0 Å². The van der Waals surface area contributed by atoms with Gasteiger partial charge in [-0.15, -0.1) is 4.40 Å². The minimum Gasteiger partial charge on any atom is -0.496 e. The molecular weight excluding hydrogens is 346 g/mol. The predicted octanol–water partition coefficient (Wildman–Crippen LogP) is 0.710. The van der Waals surface area contributed by atoms with Crippen molar-refractivity contribution in [1.82, 2.24) is 9.62 Å². The van der Waals surface area contributed by atoms with Crippen molar-refractivity contribution in [3.63, 3.8) is 0 Å². The first-order chi connectivity index (χ1) is 11.8. The van der Waals surface area contributed by atoms with Gasteiger partial charge in [-0.1, -0.05) is 12.1 Å². The molecule has 0 saturated heterocycles. The first-order valence-corrected chi connectivity index (χ1v) is 8.93. The van der Waals surface area contributed by atoms with Gasteiger partial charge in [0.15, 0.2) is 0 Å². The van der Waals surface area contributed by atoms with Crippen molar-refractivity contribution >= 4 is 21.8 Å². The van der Waals surface area contributed by atoms with Gasteiger partial charge in [0.05, 0.1) is 19.4 Å². The number of carbonyl (C=O) groups excluding carboxylic acids is 1. The number of hydrogen-bond acceptors (Lipinski definition) is 5. The lowest BCUT2D eigenvalue weighted by Crippen LogP contribution is -2.42. The van der Waals surface area contributed by atoms with Gasteiger partial charge in [-0.25, -0.2) is 4.31 Å². The van der Waals surface area contributed by atoms with Crippen molar-refractivity contribution in [2.24, 2.45) is 4.40 Å². The number of nitrogens with zero attached hydrogens (tertiary/aromatic N) is 2. The molecule has 1 atom stereocenters. The second kappa shape index (κ2) is 7.66. The number of hydrogen-bond donors (Lipinski definition) is 1. The van der Waals surface area contributed by atoms with Crippen LogP contribution in [0.5, 0.6) is 5.75 Å². The molecule has 0 saturated carbocycles. The highest BCUT2D eigenvalue weighted by atomic mass is 32.2. The smallest absolute Gasteiger partial charge is 0.345 e. The number of methoxy groups -OCH3 is 2. The Kier molecular flexibility index (Phi) is 5.81. The van der Waals surface area contributed by atoms with Crippen LogP contribution in [0, 0.1) is 0 Å². The summed E-state index contributed by atoms with van der Waals surface area (Å²) in [7, 11) is 0.260. The Balaban J connectivity index is 2.44. The van der Waals surface area contributed by atoms with Gasteiger partial charge < -0.3 is 14.8 Å². The zero-order valence-electron chi connectivity index (χ0n) is 14.5. The first kappa shape index (κ1) is 18.9. The number of amides is 1. The van der Waals surface area contributed by atoms with Crippen LogP contribution < -0.4 is 10.1 Å². The molecule has 0 unspecified atom stereocenters. The fraction of sp³-hybridized carbons (Fsp3) is 0.375. The monoisotopic (exact) mass is 367 g/mol. The Hall–Kier alpha value is -2.39. The summed E-state index contributed by atoms with van der Waals surface area (Å²) in [6, 6.07) is 6.59. The van der Waals surface area contributed by atoms with Crippen molar-refractivity contribution in [3.8, 4) is 5.75 Å². The normalized spacial score (nSPS) is 17.4. The van der Waals surface area contributed by atoms with Crippen LogP contribution in [0.15, 0.2) is 40.4 Å². The van der Waals surface area contributed by atoms with E-state index in [0.717, 1.165) is 4.31 Å². The molecule has 1 aliphatic heterocycles. The van der Waals surface area contributed by atoms with E-state index in [2.05, 4.69) is 9.71 Å². The first-order valence-electron chi connectivity index (χ1n) is 7.54. The number of para-hydroxylation sites is 1. The SMILES string of the molecule is COC[C@H](C)NC(=O)C1=CC(c2ccccc2OC)=NS(=O)(=O)N1C. The van der Waals surface area contributed by atoms with Crippen molar-refractivity contribution in [1.29, 1.82) is 0 Å². The average Bonchev–Trinajstić information content (AvgIpc) is 2.57. The molecule has 1 amide bonds. The van der Waals surface area contributed by atoms with Crippen molar-refractivity contribution in [3.05, 3.63) is 41.6 Å². The van der Waals surface area contributed by atoms with Gasteiger partial charge in [-0.05, 0) is 25.1 Å². The lowest BCUT2D eigenvalue weighted by atomic mass is 10.1. The highest BCUT2D eigenvalue weighted by molar-refractivity contribution is 7.88. The molecule has 2 rings (SSSR count). The van der Waals surface area contributed by atoms with Gasteiger partial charge in [-0.3, -0.25) is 4.79 Å². The minimum atomic E-state index is -4.02. The second-order valence-corrected chi connectivity index (χ2v) is 7.11. The molecule has 0 bridgehead atoms. The standard InChI is InChI=1S/C16H21N3O5S/c1-11(10-23-3)17-16(20)14-9-13(18-25(21,22)19(14)2)12-7-5-6-8-15(12)24-4/h5-9,11H,10H2,1-4H3,(H,17,20)/t11-/m0/s1. The van der Waals surface area contributed by atoms with Gasteiger partial charge in [-0.2, -0.15) is 8.42 Å². The van der Waals surface area contributed by atoms with E-state index in [4.69, 9.17) is 9.47 Å². The summed E-state index contributed by atoms with van der Waals surface area (Å²) >= 11 is 0. The average molecular weight is 367 g/mol. The lowest BCUT2D eigenvalue weighted by molar-refractivity contribution is -0.119. The summed E-state index contributed by atoms with van der Waals surface area (Å²) < 4.78 is 39.5. The van der Waals surface area contributed by atoms with Crippen LogP contribution in [0.25, 0.3) is 0 Å².